The highest BCUT2D eigenvalue weighted by Gasteiger charge is 2.33. The molecule has 6 heteroatoms. The van der Waals surface area contributed by atoms with Crippen LogP contribution in [0.3, 0.4) is 0 Å². The first-order valence-electron chi connectivity index (χ1n) is 7.00. The first kappa shape index (κ1) is 15.9. The van der Waals surface area contributed by atoms with Gasteiger partial charge < -0.3 is 5.32 Å². The van der Waals surface area contributed by atoms with Gasteiger partial charge in [-0.15, -0.1) is 11.3 Å². The number of sulfonamides is 1. The van der Waals surface area contributed by atoms with E-state index in [0.29, 0.717) is 23.2 Å². The predicted molar refractivity (Wildman–Crippen MR) is 83.8 cm³/mol. The Hall–Kier alpha value is -0.430. The molecule has 20 heavy (non-hydrogen) atoms. The molecular formula is C14H24N2O2S2. The molecule has 1 aromatic heterocycles. The average Bonchev–Trinajstić information content (AvgIpc) is 2.97. The van der Waals surface area contributed by atoms with Crippen LogP contribution in [-0.2, 0) is 15.4 Å². The quantitative estimate of drug-likeness (QED) is 0.927. The van der Waals surface area contributed by atoms with Crippen molar-refractivity contribution in [2.45, 2.75) is 36.8 Å². The molecule has 1 unspecified atom stereocenters. The molecule has 1 aliphatic heterocycles. The zero-order valence-electron chi connectivity index (χ0n) is 12.6. The van der Waals surface area contributed by atoms with Crippen LogP contribution in [0.5, 0.6) is 0 Å². The Morgan fingerprint density at radius 1 is 1.40 bits per heavy atom. The maximum atomic E-state index is 12.6. The van der Waals surface area contributed by atoms with Crippen molar-refractivity contribution >= 4 is 21.4 Å². The molecule has 1 aromatic rings. The summed E-state index contributed by atoms with van der Waals surface area (Å²) in [7, 11) is -1.40. The van der Waals surface area contributed by atoms with E-state index in [-0.39, 0.29) is 5.41 Å². The molecule has 1 fully saturated rings. The predicted octanol–water partition coefficient (Wildman–Crippen LogP) is 2.28. The summed E-state index contributed by atoms with van der Waals surface area (Å²) in [6.45, 7) is 8.46. The number of nitrogens with zero attached hydrogens (tertiary/aromatic N) is 1. The van der Waals surface area contributed by atoms with Crippen LogP contribution in [0.2, 0.25) is 0 Å². The first-order chi connectivity index (χ1) is 9.25. The molecule has 4 nitrogen and oxygen atoms in total. The lowest BCUT2D eigenvalue weighted by atomic mass is 9.95. The van der Waals surface area contributed by atoms with E-state index in [9.17, 15) is 8.42 Å². The zero-order valence-corrected chi connectivity index (χ0v) is 14.3. The third kappa shape index (κ3) is 3.24. The Kier molecular flexibility index (Phi) is 4.59. The van der Waals surface area contributed by atoms with Gasteiger partial charge in [0.1, 0.15) is 4.21 Å². The van der Waals surface area contributed by atoms with E-state index in [1.165, 1.54) is 11.3 Å². The van der Waals surface area contributed by atoms with Gasteiger partial charge in [-0.2, -0.15) is 4.31 Å². The summed E-state index contributed by atoms with van der Waals surface area (Å²) < 4.78 is 27.4. The number of hydrogen-bond donors (Lipinski definition) is 1. The van der Waals surface area contributed by atoms with Gasteiger partial charge in [0.2, 0.25) is 0 Å². The van der Waals surface area contributed by atoms with Gasteiger partial charge in [-0.25, -0.2) is 8.42 Å². The molecule has 1 N–H and O–H groups in total. The highest BCUT2D eigenvalue weighted by atomic mass is 32.2. The molecule has 1 atom stereocenters. The Morgan fingerprint density at radius 3 is 2.65 bits per heavy atom. The van der Waals surface area contributed by atoms with E-state index >= 15 is 0 Å². The number of nitrogens with one attached hydrogen (secondary N) is 1. The third-order valence-corrected chi connectivity index (χ3v) is 7.50. The summed E-state index contributed by atoms with van der Waals surface area (Å²) in [4.78, 5) is 1.11. The Morgan fingerprint density at radius 2 is 2.10 bits per heavy atom. The monoisotopic (exact) mass is 316 g/mol. The molecule has 1 aliphatic rings. The summed E-state index contributed by atoms with van der Waals surface area (Å²) in [5.74, 6) is 0.428. The summed E-state index contributed by atoms with van der Waals surface area (Å²) in [6, 6.07) is 3.70. The van der Waals surface area contributed by atoms with Crippen molar-refractivity contribution in [3.05, 3.63) is 17.0 Å². The Labute approximate surface area is 126 Å². The third-order valence-electron chi connectivity index (χ3n) is 3.66. The van der Waals surface area contributed by atoms with Crippen LogP contribution < -0.4 is 5.32 Å². The normalized spacial score (nSPS) is 21.5. The highest BCUT2D eigenvalue weighted by molar-refractivity contribution is 7.91. The minimum Gasteiger partial charge on any atom is -0.319 e. The fourth-order valence-corrected chi connectivity index (χ4v) is 5.51. The molecule has 0 amide bonds. The van der Waals surface area contributed by atoms with E-state index in [4.69, 9.17) is 0 Å². The minimum atomic E-state index is -3.31. The van der Waals surface area contributed by atoms with E-state index in [0.717, 1.165) is 17.8 Å². The lowest BCUT2D eigenvalue weighted by Crippen LogP contribution is -2.30. The Balaban J connectivity index is 2.17. The van der Waals surface area contributed by atoms with Crippen LogP contribution in [0.4, 0.5) is 0 Å². The minimum absolute atomic E-state index is 0.00187. The van der Waals surface area contributed by atoms with E-state index < -0.39 is 10.0 Å². The topological polar surface area (TPSA) is 49.4 Å². The summed E-state index contributed by atoms with van der Waals surface area (Å²) >= 11 is 1.40. The van der Waals surface area contributed by atoms with Gasteiger partial charge in [0, 0.05) is 18.0 Å². The van der Waals surface area contributed by atoms with Crippen molar-refractivity contribution in [1.82, 2.24) is 9.62 Å². The van der Waals surface area contributed by atoms with Crippen LogP contribution in [0.15, 0.2) is 16.3 Å². The molecule has 1 saturated heterocycles. The number of thiophene rings is 1. The van der Waals surface area contributed by atoms with Crippen LogP contribution in [0.1, 0.15) is 32.1 Å². The second kappa shape index (κ2) is 5.75. The fraction of sp³-hybridized carbons (Fsp3) is 0.714. The first-order valence-corrected chi connectivity index (χ1v) is 9.26. The van der Waals surface area contributed by atoms with E-state index in [1.807, 2.05) is 13.1 Å². The van der Waals surface area contributed by atoms with Crippen molar-refractivity contribution in [2.75, 3.05) is 26.7 Å². The largest absolute Gasteiger partial charge is 0.319 e. The SMILES string of the molecule is CNCC1CCN(S(=O)(=O)c2ccc(C(C)(C)C)s2)C1. The second-order valence-electron chi connectivity index (χ2n) is 6.44. The van der Waals surface area contributed by atoms with Crippen LogP contribution in [-0.4, -0.2) is 39.4 Å². The van der Waals surface area contributed by atoms with Crippen LogP contribution >= 0.6 is 11.3 Å². The molecule has 2 heterocycles. The molecule has 0 spiro atoms. The van der Waals surface area contributed by atoms with Crippen molar-refractivity contribution in [2.24, 2.45) is 5.92 Å². The van der Waals surface area contributed by atoms with Gasteiger partial charge >= 0.3 is 0 Å². The van der Waals surface area contributed by atoms with Crippen molar-refractivity contribution in [3.8, 4) is 0 Å². The zero-order chi connectivity index (χ0) is 15.0. The maximum absolute atomic E-state index is 12.6. The van der Waals surface area contributed by atoms with Gasteiger partial charge in [0.05, 0.1) is 0 Å². The average molecular weight is 316 g/mol. The summed E-state index contributed by atoms with van der Waals surface area (Å²) in [5.41, 5.74) is -0.00187. The van der Waals surface area contributed by atoms with Gasteiger partial charge in [0.25, 0.3) is 10.0 Å². The van der Waals surface area contributed by atoms with Gasteiger partial charge in [0.15, 0.2) is 0 Å². The van der Waals surface area contributed by atoms with Gasteiger partial charge in [-0.05, 0) is 43.5 Å². The molecule has 2 rings (SSSR count). The van der Waals surface area contributed by atoms with Gasteiger partial charge in [-0.1, -0.05) is 20.8 Å². The molecule has 0 saturated carbocycles. The smallest absolute Gasteiger partial charge is 0.252 e. The number of hydrogen-bond acceptors (Lipinski definition) is 4. The summed E-state index contributed by atoms with van der Waals surface area (Å²) in [6.07, 6.45) is 0.942. The van der Waals surface area contributed by atoms with Crippen molar-refractivity contribution < 1.29 is 8.42 Å². The van der Waals surface area contributed by atoms with Crippen LogP contribution in [0.25, 0.3) is 0 Å². The maximum Gasteiger partial charge on any atom is 0.252 e. The molecular weight excluding hydrogens is 292 g/mol. The summed E-state index contributed by atoms with van der Waals surface area (Å²) in [5, 5.41) is 3.13. The Bertz CT molecular complexity index is 558. The van der Waals surface area contributed by atoms with Crippen molar-refractivity contribution in [3.63, 3.8) is 0 Å². The standard InChI is InChI=1S/C14H24N2O2S2/c1-14(2,3)12-5-6-13(19-12)20(17,18)16-8-7-11(10-16)9-15-4/h5-6,11,15H,7-10H2,1-4H3. The molecule has 114 valence electrons. The van der Waals surface area contributed by atoms with Crippen molar-refractivity contribution in [1.29, 1.82) is 0 Å². The number of rotatable bonds is 4. The molecule has 0 aliphatic carbocycles. The molecule has 0 aromatic carbocycles. The van der Waals surface area contributed by atoms with Crippen LogP contribution in [0, 0.1) is 5.92 Å². The fourth-order valence-electron chi connectivity index (χ4n) is 2.46. The van der Waals surface area contributed by atoms with E-state index in [2.05, 4.69) is 26.1 Å². The highest BCUT2D eigenvalue weighted by Crippen LogP contribution is 2.34. The van der Waals surface area contributed by atoms with E-state index in [1.54, 1.807) is 10.4 Å². The lowest BCUT2D eigenvalue weighted by molar-refractivity contribution is 0.452. The molecule has 0 bridgehead atoms. The molecule has 0 radical (unpaired) electrons. The second-order valence-corrected chi connectivity index (χ2v) is 9.69. The van der Waals surface area contributed by atoms with Gasteiger partial charge in [-0.3, -0.25) is 0 Å². The lowest BCUT2D eigenvalue weighted by Gasteiger charge is -2.17.